The summed E-state index contributed by atoms with van der Waals surface area (Å²) in [5.41, 5.74) is 3.32. The van der Waals surface area contributed by atoms with Crippen LogP contribution in [-0.2, 0) is 4.79 Å². The Balaban J connectivity index is 1.42. The lowest BCUT2D eigenvalue weighted by Crippen LogP contribution is -2.41. The van der Waals surface area contributed by atoms with Gasteiger partial charge >= 0.3 is 0 Å². The molecule has 0 spiro atoms. The van der Waals surface area contributed by atoms with Gasteiger partial charge in [0.2, 0.25) is 5.91 Å². The standard InChI is InChI=1S/C23H27ClN2O2/c1-15(2)28-22-6-4-3-5-18(22)16-9-11-26(12-10-16)23(27)20-14-25-21-13-17(24)7-8-19(20)21/h3-8,13,15-16,20,25H,9-12,14H2,1-2H3. The van der Waals surface area contributed by atoms with E-state index >= 15 is 0 Å². The summed E-state index contributed by atoms with van der Waals surface area (Å²) in [6, 6.07) is 14.1. The Bertz CT molecular complexity index is 859. The molecule has 4 rings (SSSR count). The van der Waals surface area contributed by atoms with Gasteiger partial charge in [0.05, 0.1) is 12.0 Å². The van der Waals surface area contributed by atoms with Crippen molar-refractivity contribution in [1.29, 1.82) is 0 Å². The number of hydrogen-bond acceptors (Lipinski definition) is 3. The van der Waals surface area contributed by atoms with E-state index in [1.54, 1.807) is 0 Å². The Morgan fingerprint density at radius 1 is 1.14 bits per heavy atom. The number of halogens is 1. The normalized spacial score (nSPS) is 19.4. The molecule has 148 valence electrons. The number of hydrogen-bond donors (Lipinski definition) is 1. The van der Waals surface area contributed by atoms with Crippen molar-refractivity contribution in [2.45, 2.75) is 44.6 Å². The summed E-state index contributed by atoms with van der Waals surface area (Å²) >= 11 is 6.07. The van der Waals surface area contributed by atoms with E-state index in [1.807, 2.05) is 29.2 Å². The summed E-state index contributed by atoms with van der Waals surface area (Å²) in [5, 5.41) is 4.02. The van der Waals surface area contributed by atoms with Crippen LogP contribution in [0.2, 0.25) is 5.02 Å². The molecule has 1 fully saturated rings. The highest BCUT2D eigenvalue weighted by Gasteiger charge is 2.34. The summed E-state index contributed by atoms with van der Waals surface area (Å²) in [6.45, 7) is 6.34. The molecule has 1 N–H and O–H groups in total. The first-order chi connectivity index (χ1) is 13.5. The van der Waals surface area contributed by atoms with Crippen LogP contribution in [0.4, 0.5) is 5.69 Å². The highest BCUT2D eigenvalue weighted by Crippen LogP contribution is 2.38. The van der Waals surface area contributed by atoms with Crippen molar-refractivity contribution in [2.24, 2.45) is 0 Å². The van der Waals surface area contributed by atoms with Gasteiger partial charge in [0.1, 0.15) is 5.75 Å². The highest BCUT2D eigenvalue weighted by atomic mass is 35.5. The zero-order valence-electron chi connectivity index (χ0n) is 16.5. The number of anilines is 1. The molecular weight excluding hydrogens is 372 g/mol. The second kappa shape index (κ2) is 8.04. The van der Waals surface area contributed by atoms with E-state index in [0.29, 0.717) is 17.5 Å². The summed E-state index contributed by atoms with van der Waals surface area (Å²) in [7, 11) is 0. The van der Waals surface area contributed by atoms with Crippen LogP contribution >= 0.6 is 11.6 Å². The van der Waals surface area contributed by atoms with Crippen LogP contribution in [0, 0.1) is 0 Å². The fraction of sp³-hybridized carbons (Fsp3) is 0.435. The number of piperidine rings is 1. The van der Waals surface area contributed by atoms with Crippen molar-refractivity contribution in [2.75, 3.05) is 25.0 Å². The first-order valence-corrected chi connectivity index (χ1v) is 10.5. The van der Waals surface area contributed by atoms with Crippen LogP contribution in [0.25, 0.3) is 0 Å². The van der Waals surface area contributed by atoms with E-state index in [2.05, 4.69) is 37.4 Å². The second-order valence-corrected chi connectivity index (χ2v) is 8.41. The number of amides is 1. The van der Waals surface area contributed by atoms with Gasteiger partial charge < -0.3 is 15.0 Å². The lowest BCUT2D eigenvalue weighted by molar-refractivity contribution is -0.133. The van der Waals surface area contributed by atoms with Crippen molar-refractivity contribution in [3.63, 3.8) is 0 Å². The number of para-hydroxylation sites is 1. The van der Waals surface area contributed by atoms with Gasteiger partial charge in [-0.15, -0.1) is 0 Å². The minimum Gasteiger partial charge on any atom is -0.491 e. The molecule has 1 saturated heterocycles. The fourth-order valence-corrected chi connectivity index (χ4v) is 4.51. The van der Waals surface area contributed by atoms with E-state index in [1.165, 1.54) is 5.56 Å². The van der Waals surface area contributed by atoms with E-state index < -0.39 is 0 Å². The molecule has 0 saturated carbocycles. The van der Waals surface area contributed by atoms with E-state index in [4.69, 9.17) is 16.3 Å². The van der Waals surface area contributed by atoms with Crippen molar-refractivity contribution in [3.8, 4) is 5.75 Å². The average Bonchev–Trinajstić information content (AvgIpc) is 3.10. The number of ether oxygens (including phenoxy) is 1. The SMILES string of the molecule is CC(C)Oc1ccccc1C1CCN(C(=O)C2CNc3cc(Cl)ccc32)CC1. The minimum atomic E-state index is -0.111. The van der Waals surface area contributed by atoms with E-state index in [9.17, 15) is 4.79 Å². The van der Waals surface area contributed by atoms with Gasteiger partial charge in [-0.25, -0.2) is 0 Å². The van der Waals surface area contributed by atoms with E-state index in [0.717, 1.165) is 42.9 Å². The molecule has 2 aliphatic heterocycles. The van der Waals surface area contributed by atoms with Gasteiger partial charge in [0.15, 0.2) is 0 Å². The van der Waals surface area contributed by atoms with Crippen molar-refractivity contribution in [1.82, 2.24) is 4.90 Å². The molecule has 0 aromatic heterocycles. The first kappa shape index (κ1) is 19.1. The lowest BCUT2D eigenvalue weighted by Gasteiger charge is -2.34. The summed E-state index contributed by atoms with van der Waals surface area (Å²) in [5.74, 6) is 1.53. The molecule has 28 heavy (non-hydrogen) atoms. The summed E-state index contributed by atoms with van der Waals surface area (Å²) < 4.78 is 6.00. The van der Waals surface area contributed by atoms with Gasteiger partial charge in [-0.2, -0.15) is 0 Å². The third kappa shape index (κ3) is 3.83. The topological polar surface area (TPSA) is 41.6 Å². The van der Waals surface area contributed by atoms with Crippen LogP contribution in [0.5, 0.6) is 5.75 Å². The molecule has 1 atom stereocenters. The number of rotatable bonds is 4. The molecule has 0 bridgehead atoms. The summed E-state index contributed by atoms with van der Waals surface area (Å²) in [4.78, 5) is 15.2. The fourth-order valence-electron chi connectivity index (χ4n) is 4.34. The number of fused-ring (bicyclic) bond motifs is 1. The quantitative estimate of drug-likeness (QED) is 0.784. The third-order valence-electron chi connectivity index (χ3n) is 5.71. The van der Waals surface area contributed by atoms with Crippen LogP contribution in [0.1, 0.15) is 49.7 Å². The smallest absolute Gasteiger partial charge is 0.231 e. The second-order valence-electron chi connectivity index (χ2n) is 7.97. The van der Waals surface area contributed by atoms with Crippen molar-refractivity contribution >= 4 is 23.2 Å². The monoisotopic (exact) mass is 398 g/mol. The van der Waals surface area contributed by atoms with Crippen molar-refractivity contribution < 1.29 is 9.53 Å². The molecule has 5 heteroatoms. The molecule has 4 nitrogen and oxygen atoms in total. The summed E-state index contributed by atoms with van der Waals surface area (Å²) in [6.07, 6.45) is 2.10. The Labute approximate surface area is 171 Å². The minimum absolute atomic E-state index is 0.111. The van der Waals surface area contributed by atoms with Crippen LogP contribution in [-0.4, -0.2) is 36.5 Å². The molecular formula is C23H27ClN2O2. The number of nitrogens with zero attached hydrogens (tertiary/aromatic N) is 1. The third-order valence-corrected chi connectivity index (χ3v) is 5.95. The van der Waals surface area contributed by atoms with Gasteiger partial charge in [-0.1, -0.05) is 35.9 Å². The molecule has 2 aromatic carbocycles. The van der Waals surface area contributed by atoms with Crippen LogP contribution in [0.3, 0.4) is 0 Å². The molecule has 0 aliphatic carbocycles. The Morgan fingerprint density at radius 2 is 1.89 bits per heavy atom. The number of carbonyl (C=O) groups excluding carboxylic acids is 1. The number of carbonyl (C=O) groups is 1. The van der Waals surface area contributed by atoms with Crippen LogP contribution < -0.4 is 10.1 Å². The number of nitrogens with one attached hydrogen (secondary N) is 1. The number of likely N-dealkylation sites (tertiary alicyclic amines) is 1. The predicted molar refractivity (Wildman–Crippen MR) is 113 cm³/mol. The lowest BCUT2D eigenvalue weighted by atomic mass is 9.88. The molecule has 2 aliphatic rings. The predicted octanol–water partition coefficient (Wildman–Crippen LogP) is 5.04. The zero-order valence-corrected chi connectivity index (χ0v) is 17.2. The Morgan fingerprint density at radius 3 is 2.64 bits per heavy atom. The van der Waals surface area contributed by atoms with Gasteiger partial charge in [-0.05, 0) is 61.9 Å². The average molecular weight is 399 g/mol. The maximum atomic E-state index is 13.1. The highest BCUT2D eigenvalue weighted by molar-refractivity contribution is 6.30. The van der Waals surface area contributed by atoms with Gasteiger partial charge in [0.25, 0.3) is 0 Å². The molecule has 1 amide bonds. The Hall–Kier alpha value is -2.20. The van der Waals surface area contributed by atoms with Crippen LogP contribution in [0.15, 0.2) is 42.5 Å². The Kier molecular flexibility index (Phi) is 5.49. The molecule has 0 radical (unpaired) electrons. The largest absolute Gasteiger partial charge is 0.491 e. The first-order valence-electron chi connectivity index (χ1n) is 10.1. The molecule has 1 unspecified atom stereocenters. The van der Waals surface area contributed by atoms with Gasteiger partial charge in [-0.3, -0.25) is 4.79 Å². The molecule has 2 aromatic rings. The van der Waals surface area contributed by atoms with Crippen molar-refractivity contribution in [3.05, 3.63) is 58.6 Å². The van der Waals surface area contributed by atoms with Gasteiger partial charge in [0, 0.05) is 30.3 Å². The number of benzene rings is 2. The van der Waals surface area contributed by atoms with E-state index in [-0.39, 0.29) is 17.9 Å². The maximum absolute atomic E-state index is 13.1. The maximum Gasteiger partial charge on any atom is 0.231 e. The zero-order chi connectivity index (χ0) is 19.7. The molecule has 2 heterocycles.